The number of carbonyl (C=O) groups excluding carboxylic acids is 1. The molecule has 0 radical (unpaired) electrons. The first kappa shape index (κ1) is 20.7. The van der Waals surface area contributed by atoms with Crippen LogP contribution in [-0.4, -0.2) is 24.6 Å². The summed E-state index contributed by atoms with van der Waals surface area (Å²) in [6, 6.07) is 4.16. The molecule has 0 fully saturated rings. The second-order valence-corrected chi connectivity index (χ2v) is 5.14. The van der Waals surface area contributed by atoms with Crippen LogP contribution in [0, 0.1) is 21.7 Å². The first-order valence-corrected chi connectivity index (χ1v) is 7.46. The van der Waals surface area contributed by atoms with Crippen LogP contribution in [0.15, 0.2) is 36.4 Å². The number of methoxy groups -OCH3 is 1. The van der Waals surface area contributed by atoms with Gasteiger partial charge in [0.2, 0.25) is 5.91 Å². The molecule has 0 aliphatic rings. The molecule has 1 N–H and O–H groups in total. The molecule has 0 spiro atoms. The van der Waals surface area contributed by atoms with Crippen molar-refractivity contribution in [1.29, 1.82) is 0 Å². The highest BCUT2D eigenvalue weighted by atomic mass is 19.3. The molecular formula is C17H12F4N2O5. The van der Waals surface area contributed by atoms with Crippen molar-refractivity contribution in [2.24, 2.45) is 0 Å². The van der Waals surface area contributed by atoms with Gasteiger partial charge in [0.05, 0.1) is 29.4 Å². The number of nitro groups is 1. The third-order valence-corrected chi connectivity index (χ3v) is 3.33. The van der Waals surface area contributed by atoms with Crippen molar-refractivity contribution >= 4 is 23.4 Å². The molecule has 0 bridgehead atoms. The van der Waals surface area contributed by atoms with Crippen LogP contribution in [-0.2, 0) is 4.79 Å². The maximum absolute atomic E-state index is 13.5. The van der Waals surface area contributed by atoms with E-state index in [2.05, 4.69) is 10.1 Å². The summed E-state index contributed by atoms with van der Waals surface area (Å²) in [6.45, 7) is -3.23. The number of carbonyl (C=O) groups is 1. The number of benzene rings is 2. The van der Waals surface area contributed by atoms with E-state index < -0.39 is 46.2 Å². The first-order valence-electron chi connectivity index (χ1n) is 7.46. The van der Waals surface area contributed by atoms with Crippen molar-refractivity contribution in [1.82, 2.24) is 0 Å². The number of nitro benzene ring substituents is 1. The minimum Gasteiger partial charge on any atom is -0.493 e. The highest BCUT2D eigenvalue weighted by Crippen LogP contribution is 2.36. The van der Waals surface area contributed by atoms with Crippen LogP contribution in [0.4, 0.5) is 28.9 Å². The summed E-state index contributed by atoms with van der Waals surface area (Å²) in [4.78, 5) is 22.2. The van der Waals surface area contributed by atoms with Gasteiger partial charge in [0.1, 0.15) is 11.6 Å². The maximum Gasteiger partial charge on any atom is 0.387 e. The molecule has 2 aromatic carbocycles. The van der Waals surface area contributed by atoms with Crippen LogP contribution in [0.2, 0.25) is 0 Å². The lowest BCUT2D eigenvalue weighted by Gasteiger charge is -2.11. The van der Waals surface area contributed by atoms with Crippen LogP contribution in [0.5, 0.6) is 11.5 Å². The molecule has 0 saturated carbocycles. The molecule has 0 unspecified atom stereocenters. The van der Waals surface area contributed by atoms with Gasteiger partial charge in [0, 0.05) is 12.1 Å². The fourth-order valence-corrected chi connectivity index (χ4v) is 2.14. The maximum atomic E-state index is 13.5. The van der Waals surface area contributed by atoms with Gasteiger partial charge in [-0.3, -0.25) is 14.9 Å². The number of anilines is 1. The third kappa shape index (κ3) is 5.19. The van der Waals surface area contributed by atoms with Gasteiger partial charge in [-0.15, -0.1) is 0 Å². The van der Waals surface area contributed by atoms with Crippen LogP contribution in [0.25, 0.3) is 6.08 Å². The van der Waals surface area contributed by atoms with Crippen molar-refractivity contribution in [3.05, 3.63) is 63.7 Å². The monoisotopic (exact) mass is 400 g/mol. The van der Waals surface area contributed by atoms with E-state index in [1.54, 1.807) is 0 Å². The van der Waals surface area contributed by atoms with E-state index in [-0.39, 0.29) is 11.3 Å². The summed E-state index contributed by atoms with van der Waals surface area (Å²) in [6.07, 6.45) is 1.80. The average molecular weight is 400 g/mol. The Bertz CT molecular complexity index is 934. The lowest BCUT2D eigenvalue weighted by atomic mass is 10.1. The van der Waals surface area contributed by atoms with Gasteiger partial charge in [-0.1, -0.05) is 0 Å². The predicted octanol–water partition coefficient (Wildman–Crippen LogP) is 4.13. The second-order valence-electron chi connectivity index (χ2n) is 5.14. The van der Waals surface area contributed by atoms with Gasteiger partial charge < -0.3 is 14.8 Å². The number of amides is 1. The summed E-state index contributed by atoms with van der Waals surface area (Å²) in [7, 11) is 1.13. The van der Waals surface area contributed by atoms with Gasteiger partial charge in [0.15, 0.2) is 11.5 Å². The zero-order valence-corrected chi connectivity index (χ0v) is 14.1. The molecule has 0 heterocycles. The van der Waals surface area contributed by atoms with E-state index >= 15 is 0 Å². The van der Waals surface area contributed by atoms with Crippen molar-refractivity contribution in [3.8, 4) is 11.5 Å². The summed E-state index contributed by atoms with van der Waals surface area (Å²) >= 11 is 0. The minimum absolute atomic E-state index is 0.168. The number of rotatable bonds is 7. The van der Waals surface area contributed by atoms with E-state index in [0.717, 1.165) is 49.6 Å². The van der Waals surface area contributed by atoms with Gasteiger partial charge in [-0.25, -0.2) is 8.78 Å². The minimum atomic E-state index is -3.23. The van der Waals surface area contributed by atoms with E-state index in [1.165, 1.54) is 0 Å². The molecule has 11 heteroatoms. The molecule has 2 rings (SSSR count). The van der Waals surface area contributed by atoms with Crippen molar-refractivity contribution in [2.45, 2.75) is 6.61 Å². The van der Waals surface area contributed by atoms with Crippen molar-refractivity contribution in [2.75, 3.05) is 12.4 Å². The fourth-order valence-electron chi connectivity index (χ4n) is 2.14. The summed E-state index contributed by atoms with van der Waals surface area (Å²) in [5.41, 5.74) is -1.24. The van der Waals surface area contributed by atoms with Crippen LogP contribution in [0.1, 0.15) is 5.56 Å². The van der Waals surface area contributed by atoms with Gasteiger partial charge in [-0.05, 0) is 24.3 Å². The SMILES string of the molecule is COc1cc(/C=C/C(=O)Nc2cc(F)ccc2F)c([N+](=O)[O-])cc1OC(F)F. The summed E-state index contributed by atoms with van der Waals surface area (Å²) < 4.78 is 60.5. The molecule has 28 heavy (non-hydrogen) atoms. The van der Waals surface area contributed by atoms with Crippen molar-refractivity contribution in [3.63, 3.8) is 0 Å². The number of halogens is 4. The van der Waals surface area contributed by atoms with E-state index in [0.29, 0.717) is 0 Å². The number of nitrogens with one attached hydrogen (secondary N) is 1. The quantitative estimate of drug-likeness (QED) is 0.327. The molecule has 0 aliphatic carbocycles. The number of alkyl halides is 2. The van der Waals surface area contributed by atoms with Gasteiger partial charge >= 0.3 is 6.61 Å². The Morgan fingerprint density at radius 3 is 2.54 bits per heavy atom. The molecule has 1 amide bonds. The molecule has 0 saturated heterocycles. The Labute approximate surface area is 155 Å². The van der Waals surface area contributed by atoms with Crippen molar-refractivity contribution < 1.29 is 36.8 Å². The van der Waals surface area contributed by atoms with Gasteiger partial charge in [0.25, 0.3) is 5.69 Å². The summed E-state index contributed by atoms with van der Waals surface area (Å²) in [5, 5.41) is 13.2. The smallest absolute Gasteiger partial charge is 0.387 e. The highest BCUT2D eigenvalue weighted by molar-refractivity contribution is 6.02. The number of hydrogen-bond acceptors (Lipinski definition) is 5. The topological polar surface area (TPSA) is 90.7 Å². The van der Waals surface area contributed by atoms with E-state index in [9.17, 15) is 32.5 Å². The largest absolute Gasteiger partial charge is 0.493 e. The Morgan fingerprint density at radius 1 is 1.21 bits per heavy atom. The van der Waals surface area contributed by atoms with Crippen LogP contribution in [0.3, 0.4) is 0 Å². The Morgan fingerprint density at radius 2 is 1.93 bits per heavy atom. The Kier molecular flexibility index (Phi) is 6.53. The molecule has 0 atom stereocenters. The predicted molar refractivity (Wildman–Crippen MR) is 90.3 cm³/mol. The number of hydrogen-bond donors (Lipinski definition) is 1. The zero-order chi connectivity index (χ0) is 20.8. The molecule has 7 nitrogen and oxygen atoms in total. The molecule has 2 aromatic rings. The highest BCUT2D eigenvalue weighted by Gasteiger charge is 2.20. The lowest BCUT2D eigenvalue weighted by Crippen LogP contribution is -2.09. The number of nitrogens with zero attached hydrogens (tertiary/aromatic N) is 1. The Hall–Kier alpha value is -3.63. The van der Waals surface area contributed by atoms with Gasteiger partial charge in [-0.2, -0.15) is 8.78 Å². The molecule has 0 aliphatic heterocycles. The van der Waals surface area contributed by atoms with Crippen LogP contribution < -0.4 is 14.8 Å². The average Bonchev–Trinajstić information content (AvgIpc) is 2.62. The lowest BCUT2D eigenvalue weighted by molar-refractivity contribution is -0.385. The molecule has 148 valence electrons. The third-order valence-electron chi connectivity index (χ3n) is 3.33. The zero-order valence-electron chi connectivity index (χ0n) is 14.1. The van der Waals surface area contributed by atoms with E-state index in [1.807, 2.05) is 0 Å². The van der Waals surface area contributed by atoms with Crippen LogP contribution >= 0.6 is 0 Å². The molecule has 0 aromatic heterocycles. The Balaban J connectivity index is 2.31. The fraction of sp³-hybridized carbons (Fsp3) is 0.118. The van der Waals surface area contributed by atoms with E-state index in [4.69, 9.17) is 4.74 Å². The first-order chi connectivity index (χ1) is 13.2. The number of ether oxygens (including phenoxy) is 2. The second kappa shape index (κ2) is 8.84. The normalized spacial score (nSPS) is 10.9. The summed E-state index contributed by atoms with van der Waals surface area (Å²) in [5.74, 6) is -3.37. The molecular weight excluding hydrogens is 388 g/mol. The standard InChI is InChI=1S/C17H12F4N2O5/c1-27-14-6-9(13(23(25)26)8-15(14)28-17(20)21)2-5-16(24)22-12-7-10(18)3-4-11(12)19/h2-8,17H,1H3,(H,22,24)/b5-2+.